The van der Waals surface area contributed by atoms with Gasteiger partial charge in [0.25, 0.3) is 0 Å². The number of carbonyl (C=O) groups excluding carboxylic acids is 3. The summed E-state index contributed by atoms with van der Waals surface area (Å²) in [6.45, 7) is 15.7. The van der Waals surface area contributed by atoms with Crippen LogP contribution in [0.2, 0.25) is 18.1 Å². The fourth-order valence-corrected chi connectivity index (χ4v) is 12.6. The van der Waals surface area contributed by atoms with Crippen molar-refractivity contribution in [2.24, 2.45) is 16.7 Å². The molecular weight excluding hydrogens is 648 g/mol. The fourth-order valence-electron chi connectivity index (χ4n) is 9.60. The van der Waals surface area contributed by atoms with Gasteiger partial charge >= 0.3 is 17.9 Å². The first kappa shape index (κ1) is 37.6. The van der Waals surface area contributed by atoms with Crippen LogP contribution in [-0.2, 0) is 33.0 Å². The van der Waals surface area contributed by atoms with Crippen molar-refractivity contribution in [3.8, 4) is 0 Å². The zero-order valence-corrected chi connectivity index (χ0v) is 31.3. The van der Waals surface area contributed by atoms with E-state index in [1.54, 1.807) is 58.0 Å². The summed E-state index contributed by atoms with van der Waals surface area (Å²) < 4.78 is 32.2. The Kier molecular flexibility index (Phi) is 10.1. The zero-order valence-electron chi connectivity index (χ0n) is 30.3. The minimum atomic E-state index is -2.44. The van der Waals surface area contributed by atoms with E-state index in [1.807, 2.05) is 0 Å². The molecule has 0 amide bonds. The Morgan fingerprint density at radius 1 is 0.959 bits per heavy atom. The monoisotopic (exact) mass is 702 g/mol. The lowest BCUT2D eigenvalue weighted by Crippen LogP contribution is -2.83. The Morgan fingerprint density at radius 2 is 1.57 bits per heavy atom. The first-order valence-corrected chi connectivity index (χ1v) is 20.1. The number of benzene rings is 1. The van der Waals surface area contributed by atoms with E-state index in [1.165, 1.54) is 13.8 Å². The Hall–Kier alpha value is -2.61. The first-order valence-electron chi connectivity index (χ1n) is 17.6. The fraction of sp³-hybridized carbons (Fsp3) is 0.703. The number of fused-ring (bicyclic) bond motifs is 5. The Balaban J connectivity index is 1.88. The second-order valence-electron chi connectivity index (χ2n) is 15.3. The molecule has 10 atom stereocenters. The molecule has 1 unspecified atom stereocenters. The molecule has 12 heteroatoms. The number of ether oxygens (including phenoxy) is 4. The van der Waals surface area contributed by atoms with Crippen LogP contribution in [0.15, 0.2) is 41.5 Å². The van der Waals surface area contributed by atoms with Crippen molar-refractivity contribution < 1.29 is 53.1 Å². The van der Waals surface area contributed by atoms with Crippen molar-refractivity contribution in [2.75, 3.05) is 6.61 Å². The minimum absolute atomic E-state index is 0.0900. The molecule has 49 heavy (non-hydrogen) atoms. The van der Waals surface area contributed by atoms with Crippen LogP contribution in [0, 0.1) is 16.7 Å². The van der Waals surface area contributed by atoms with Gasteiger partial charge in [-0.2, -0.15) is 0 Å². The Morgan fingerprint density at radius 3 is 2.08 bits per heavy atom. The van der Waals surface area contributed by atoms with Crippen molar-refractivity contribution in [3.63, 3.8) is 0 Å². The molecule has 3 fully saturated rings. The quantitative estimate of drug-likeness (QED) is 0.144. The molecule has 272 valence electrons. The average molecular weight is 703 g/mol. The summed E-state index contributed by atoms with van der Waals surface area (Å²) in [5.74, 6) is -3.15. The summed E-state index contributed by atoms with van der Waals surface area (Å²) in [5.41, 5.74) is -5.29. The molecule has 1 aromatic rings. The standard InChI is InChI=1S/C37H54O11Si/c1-10-49(11-2,12-3)48-26-18-27-36(20-44-27,47-23(6)39)30-32(46-33(42)24-16-14-13-15-17-24)37(43)19-25(40)21(4)28(34(37,7)8)29(45-22(5)38)31(41)35(26,30)9/h13-17,25-27,29-32,40-41,43H,10-12,18-20H2,1-9H3/t25-,26-,27+,29+,30?,31+,32-,35+,36-,37+/m0/s1. The molecule has 5 rings (SSSR count). The van der Waals surface area contributed by atoms with Gasteiger partial charge in [0.2, 0.25) is 0 Å². The van der Waals surface area contributed by atoms with Gasteiger partial charge in [0.05, 0.1) is 30.3 Å². The Labute approximate surface area is 290 Å². The zero-order chi connectivity index (χ0) is 36.3. The molecule has 2 saturated carbocycles. The molecule has 0 aromatic heterocycles. The topological polar surface area (TPSA) is 158 Å². The van der Waals surface area contributed by atoms with E-state index in [0.717, 1.165) is 18.1 Å². The third-order valence-corrected chi connectivity index (χ3v) is 17.4. The van der Waals surface area contributed by atoms with Crippen molar-refractivity contribution >= 4 is 26.2 Å². The van der Waals surface area contributed by atoms with E-state index in [4.69, 9.17) is 23.4 Å². The van der Waals surface area contributed by atoms with Crippen molar-refractivity contribution in [1.29, 1.82) is 0 Å². The number of aliphatic hydroxyl groups is 3. The van der Waals surface area contributed by atoms with Crippen LogP contribution in [0.5, 0.6) is 0 Å². The van der Waals surface area contributed by atoms with Crippen LogP contribution in [0.3, 0.4) is 0 Å². The van der Waals surface area contributed by atoms with Crippen molar-refractivity contribution in [2.45, 2.75) is 141 Å². The smallest absolute Gasteiger partial charge is 0.338 e. The third-order valence-electron chi connectivity index (χ3n) is 12.7. The van der Waals surface area contributed by atoms with Gasteiger partial charge in [0, 0.05) is 37.5 Å². The lowest BCUT2D eigenvalue weighted by molar-refractivity contribution is -0.363. The number of esters is 3. The van der Waals surface area contributed by atoms with Crippen LogP contribution in [0.25, 0.3) is 0 Å². The highest BCUT2D eigenvalue weighted by molar-refractivity contribution is 6.73. The summed E-state index contributed by atoms with van der Waals surface area (Å²) in [5, 5.41) is 37.9. The summed E-state index contributed by atoms with van der Waals surface area (Å²) >= 11 is 0. The number of aliphatic hydroxyl groups excluding tert-OH is 2. The molecule has 3 aliphatic carbocycles. The van der Waals surface area contributed by atoms with E-state index in [9.17, 15) is 29.7 Å². The summed E-state index contributed by atoms with van der Waals surface area (Å²) in [7, 11) is -2.44. The second-order valence-corrected chi connectivity index (χ2v) is 20.0. The van der Waals surface area contributed by atoms with E-state index >= 15 is 0 Å². The molecule has 1 heterocycles. The first-order chi connectivity index (χ1) is 22.9. The van der Waals surface area contributed by atoms with E-state index in [0.29, 0.717) is 11.1 Å². The molecule has 1 aliphatic heterocycles. The van der Waals surface area contributed by atoms with Gasteiger partial charge in [-0.1, -0.05) is 59.7 Å². The van der Waals surface area contributed by atoms with Gasteiger partial charge in [-0.15, -0.1) is 0 Å². The number of hydrogen-bond acceptors (Lipinski definition) is 11. The molecule has 0 spiro atoms. The highest BCUT2D eigenvalue weighted by Gasteiger charge is 2.78. The maximum atomic E-state index is 14.1. The summed E-state index contributed by atoms with van der Waals surface area (Å²) in [6, 6.07) is 10.7. The van der Waals surface area contributed by atoms with Crippen LogP contribution in [-0.4, -0.2) is 96.0 Å². The normalized spacial score (nSPS) is 38.2. The van der Waals surface area contributed by atoms with Crippen LogP contribution in [0.1, 0.15) is 85.5 Å². The highest BCUT2D eigenvalue weighted by atomic mass is 28.4. The summed E-state index contributed by atoms with van der Waals surface area (Å²) in [4.78, 5) is 40.0. The molecule has 11 nitrogen and oxygen atoms in total. The van der Waals surface area contributed by atoms with Gasteiger partial charge in [-0.3, -0.25) is 9.59 Å². The lowest BCUT2D eigenvalue weighted by atomic mass is 9.44. The largest absolute Gasteiger partial charge is 0.455 e. The van der Waals surface area contributed by atoms with Gasteiger partial charge in [0.15, 0.2) is 20.0 Å². The number of rotatable bonds is 9. The molecule has 1 saturated heterocycles. The van der Waals surface area contributed by atoms with E-state index in [-0.39, 0.29) is 25.0 Å². The average Bonchev–Trinajstić information content (AvgIpc) is 3.04. The Bertz CT molecular complexity index is 1470. The third kappa shape index (κ3) is 5.70. The van der Waals surface area contributed by atoms with Crippen LogP contribution >= 0.6 is 0 Å². The van der Waals surface area contributed by atoms with Gasteiger partial charge < -0.3 is 38.7 Å². The molecule has 4 aliphatic rings. The predicted octanol–water partition coefficient (Wildman–Crippen LogP) is 4.47. The number of hydrogen-bond donors (Lipinski definition) is 3. The molecular formula is C37H54O11Si. The SMILES string of the molecule is CC[Si](CC)(CC)O[C@H]1C[C@H]2OC[C@@]2(OC(C)=O)C2[C@H](OC(=O)c3ccccc3)[C@]3(O)C[C@H](O)C(C)=C([C@@H](OC(C)=O)[C@@H](O)[C@@]21C)C3(C)C. The summed E-state index contributed by atoms with van der Waals surface area (Å²) in [6.07, 6.45) is -7.03. The minimum Gasteiger partial charge on any atom is -0.455 e. The van der Waals surface area contributed by atoms with Gasteiger partial charge in [-0.05, 0) is 48.3 Å². The molecule has 2 bridgehead atoms. The maximum Gasteiger partial charge on any atom is 0.338 e. The van der Waals surface area contributed by atoms with Crippen LogP contribution in [0.4, 0.5) is 0 Å². The van der Waals surface area contributed by atoms with Crippen LogP contribution < -0.4 is 0 Å². The second kappa shape index (κ2) is 13.2. The maximum absolute atomic E-state index is 14.1. The highest BCUT2D eigenvalue weighted by Crippen LogP contribution is 2.66. The van der Waals surface area contributed by atoms with E-state index in [2.05, 4.69) is 20.8 Å². The molecule has 0 radical (unpaired) electrons. The number of carbonyl (C=O) groups is 3. The van der Waals surface area contributed by atoms with Gasteiger partial charge in [0.1, 0.15) is 23.9 Å². The predicted molar refractivity (Wildman–Crippen MR) is 182 cm³/mol. The molecule has 3 N–H and O–H groups in total. The van der Waals surface area contributed by atoms with Crippen molar-refractivity contribution in [3.05, 3.63) is 47.0 Å². The van der Waals surface area contributed by atoms with Crippen molar-refractivity contribution in [1.82, 2.24) is 0 Å². The molecule has 1 aromatic carbocycles. The lowest BCUT2D eigenvalue weighted by Gasteiger charge is -2.70. The van der Waals surface area contributed by atoms with Gasteiger partial charge in [-0.25, -0.2) is 4.79 Å². The van der Waals surface area contributed by atoms with E-state index < -0.39 is 90.8 Å².